The van der Waals surface area contributed by atoms with Gasteiger partial charge < -0.3 is 0 Å². The minimum atomic E-state index is 0.698. The number of nitrogens with zero attached hydrogens (tertiary/aromatic N) is 2. The van der Waals surface area contributed by atoms with Gasteiger partial charge in [-0.15, -0.1) is 11.3 Å². The Morgan fingerprint density at radius 3 is 1.64 bits per heavy atom. The molecule has 248 valence electrons. The highest BCUT2D eigenvalue weighted by Gasteiger charge is 2.15. The van der Waals surface area contributed by atoms with Crippen LogP contribution in [-0.2, 0) is 0 Å². The lowest BCUT2D eigenvalue weighted by atomic mass is 9.93. The van der Waals surface area contributed by atoms with Gasteiger partial charge in [-0.25, -0.2) is 9.97 Å². The van der Waals surface area contributed by atoms with E-state index in [0.29, 0.717) is 5.82 Å². The van der Waals surface area contributed by atoms with Crippen LogP contribution in [0.15, 0.2) is 194 Å². The molecule has 0 radical (unpaired) electrons. The summed E-state index contributed by atoms with van der Waals surface area (Å²) in [6, 6.07) is 69.3. The van der Waals surface area contributed by atoms with E-state index in [1.165, 1.54) is 42.1 Å². The molecule has 2 nitrogen and oxygen atoms in total. The van der Waals surface area contributed by atoms with Crippen LogP contribution >= 0.6 is 11.3 Å². The molecule has 2 aromatic heterocycles. The fraction of sp³-hybridized carbons (Fsp3) is 0. The first kappa shape index (κ1) is 31.1. The smallest absolute Gasteiger partial charge is 0.160 e. The van der Waals surface area contributed by atoms with Gasteiger partial charge in [0.2, 0.25) is 0 Å². The van der Waals surface area contributed by atoms with Gasteiger partial charge >= 0.3 is 0 Å². The molecule has 0 N–H and O–H groups in total. The first-order valence-electron chi connectivity index (χ1n) is 17.9. The van der Waals surface area contributed by atoms with E-state index in [9.17, 15) is 0 Å². The van der Waals surface area contributed by atoms with Crippen molar-refractivity contribution >= 4 is 42.3 Å². The fourth-order valence-electron chi connectivity index (χ4n) is 7.33. The molecule has 0 amide bonds. The molecule has 0 unspecified atom stereocenters. The van der Waals surface area contributed by atoms with Crippen LogP contribution in [0, 0.1) is 0 Å². The van der Waals surface area contributed by atoms with Gasteiger partial charge in [-0.3, -0.25) is 0 Å². The molecule has 0 spiro atoms. The summed E-state index contributed by atoms with van der Waals surface area (Å²) < 4.78 is 2.60. The maximum atomic E-state index is 5.32. The highest BCUT2D eigenvalue weighted by Crippen LogP contribution is 2.39. The van der Waals surface area contributed by atoms with Crippen molar-refractivity contribution in [2.75, 3.05) is 0 Å². The SMILES string of the molecule is c1ccc(-c2cccc(-c3nc(-c4ccccc4)cc(-c4cc(-c5ccc6ccccc6c5)cc(-c5ccc6c(c5)sc5ccccc56)c4)n3)c2)cc1. The molecule has 0 aliphatic heterocycles. The van der Waals surface area contributed by atoms with E-state index in [1.54, 1.807) is 0 Å². The zero-order chi connectivity index (χ0) is 35.1. The Labute approximate surface area is 312 Å². The number of thiophene rings is 1. The minimum absolute atomic E-state index is 0.698. The van der Waals surface area contributed by atoms with Crippen LogP contribution in [0.1, 0.15) is 0 Å². The Hall–Kier alpha value is -6.68. The zero-order valence-electron chi connectivity index (χ0n) is 28.8. The molecule has 8 aromatic carbocycles. The fourth-order valence-corrected chi connectivity index (χ4v) is 8.48. The van der Waals surface area contributed by atoms with Crippen molar-refractivity contribution in [3.05, 3.63) is 194 Å². The number of hydrogen-bond acceptors (Lipinski definition) is 3. The largest absolute Gasteiger partial charge is 0.228 e. The third kappa shape index (κ3) is 5.97. The van der Waals surface area contributed by atoms with E-state index >= 15 is 0 Å². The number of aromatic nitrogens is 2. The highest BCUT2D eigenvalue weighted by molar-refractivity contribution is 7.25. The van der Waals surface area contributed by atoms with Crippen molar-refractivity contribution in [3.63, 3.8) is 0 Å². The van der Waals surface area contributed by atoms with Gasteiger partial charge in [0.25, 0.3) is 0 Å². The van der Waals surface area contributed by atoms with Crippen molar-refractivity contribution in [1.29, 1.82) is 0 Å². The van der Waals surface area contributed by atoms with E-state index in [0.717, 1.165) is 50.3 Å². The zero-order valence-corrected chi connectivity index (χ0v) is 29.6. The molecule has 10 rings (SSSR count). The van der Waals surface area contributed by atoms with Gasteiger partial charge in [0.05, 0.1) is 11.4 Å². The molecule has 0 saturated carbocycles. The Balaban J connectivity index is 1.18. The Kier molecular flexibility index (Phi) is 7.71. The van der Waals surface area contributed by atoms with Crippen LogP contribution in [0.25, 0.3) is 98.2 Å². The highest BCUT2D eigenvalue weighted by atomic mass is 32.1. The van der Waals surface area contributed by atoms with Gasteiger partial charge in [0.1, 0.15) is 0 Å². The Morgan fingerprint density at radius 1 is 0.283 bits per heavy atom. The van der Waals surface area contributed by atoms with Crippen molar-refractivity contribution < 1.29 is 0 Å². The van der Waals surface area contributed by atoms with Gasteiger partial charge in [0.15, 0.2) is 5.82 Å². The van der Waals surface area contributed by atoms with Crippen molar-refractivity contribution in [2.45, 2.75) is 0 Å². The lowest BCUT2D eigenvalue weighted by Gasteiger charge is -2.14. The molecular formula is C50H32N2S. The van der Waals surface area contributed by atoms with Crippen molar-refractivity contribution in [3.8, 4) is 67.3 Å². The van der Waals surface area contributed by atoms with E-state index in [1.807, 2.05) is 23.5 Å². The Morgan fingerprint density at radius 2 is 0.830 bits per heavy atom. The van der Waals surface area contributed by atoms with Crippen LogP contribution in [0.2, 0.25) is 0 Å². The van der Waals surface area contributed by atoms with E-state index in [-0.39, 0.29) is 0 Å². The topological polar surface area (TPSA) is 25.8 Å². The standard InChI is InChI=1S/C50H32N2S/c1-3-12-33(13-4-1)37-18-11-19-40(27-37)50-51-46(35-15-5-2-6-16-35)32-47(52-50)43-29-41(38-23-22-34-14-7-8-17-36(34)26-38)28-42(30-43)39-24-25-45-44-20-9-10-21-48(44)53-49(45)31-39/h1-32H. The summed E-state index contributed by atoms with van der Waals surface area (Å²) in [7, 11) is 0. The molecule has 2 heterocycles. The average Bonchev–Trinajstić information content (AvgIpc) is 3.62. The number of benzene rings is 8. The summed E-state index contributed by atoms with van der Waals surface area (Å²) in [6.45, 7) is 0. The van der Waals surface area contributed by atoms with Gasteiger partial charge in [0, 0.05) is 36.9 Å². The molecule has 53 heavy (non-hydrogen) atoms. The first-order valence-corrected chi connectivity index (χ1v) is 18.7. The van der Waals surface area contributed by atoms with Crippen LogP contribution in [0.4, 0.5) is 0 Å². The molecule has 0 aliphatic rings. The second-order valence-corrected chi connectivity index (χ2v) is 14.5. The maximum Gasteiger partial charge on any atom is 0.160 e. The molecule has 3 heteroatoms. The average molecular weight is 693 g/mol. The van der Waals surface area contributed by atoms with Crippen LogP contribution in [0.5, 0.6) is 0 Å². The lowest BCUT2D eigenvalue weighted by molar-refractivity contribution is 1.18. The van der Waals surface area contributed by atoms with Gasteiger partial charge in [-0.1, -0.05) is 146 Å². The number of rotatable bonds is 6. The summed E-state index contributed by atoms with van der Waals surface area (Å²) in [6.07, 6.45) is 0. The minimum Gasteiger partial charge on any atom is -0.228 e. The second kappa shape index (κ2) is 13.1. The Bertz CT molecular complexity index is 2950. The molecule has 0 saturated heterocycles. The van der Waals surface area contributed by atoms with E-state index in [2.05, 4.69) is 182 Å². The second-order valence-electron chi connectivity index (χ2n) is 13.4. The normalized spacial score (nSPS) is 11.4. The van der Waals surface area contributed by atoms with E-state index < -0.39 is 0 Å². The third-order valence-corrected chi connectivity index (χ3v) is 11.2. The summed E-state index contributed by atoms with van der Waals surface area (Å²) >= 11 is 1.85. The molecule has 0 atom stereocenters. The summed E-state index contributed by atoms with van der Waals surface area (Å²) in [5.41, 5.74) is 11.8. The monoisotopic (exact) mass is 692 g/mol. The van der Waals surface area contributed by atoms with Crippen molar-refractivity contribution in [1.82, 2.24) is 9.97 Å². The third-order valence-electron chi connectivity index (χ3n) is 10.0. The number of hydrogen-bond donors (Lipinski definition) is 0. The van der Waals surface area contributed by atoms with Gasteiger partial charge in [-0.2, -0.15) is 0 Å². The predicted octanol–water partition coefficient (Wildman–Crippen LogP) is 14.0. The summed E-state index contributed by atoms with van der Waals surface area (Å²) in [5.74, 6) is 0.698. The van der Waals surface area contributed by atoms with Gasteiger partial charge in [-0.05, 0) is 92.7 Å². The molecule has 10 aromatic rings. The summed E-state index contributed by atoms with van der Waals surface area (Å²) in [4.78, 5) is 10.5. The lowest BCUT2D eigenvalue weighted by Crippen LogP contribution is -1.97. The maximum absolute atomic E-state index is 5.32. The van der Waals surface area contributed by atoms with E-state index in [4.69, 9.17) is 9.97 Å². The number of fused-ring (bicyclic) bond motifs is 4. The quantitative estimate of drug-likeness (QED) is 0.173. The summed E-state index contributed by atoms with van der Waals surface area (Å²) in [5, 5.41) is 5.06. The van der Waals surface area contributed by atoms with Crippen molar-refractivity contribution in [2.24, 2.45) is 0 Å². The molecule has 0 fully saturated rings. The molecule has 0 aliphatic carbocycles. The van der Waals surface area contributed by atoms with Crippen LogP contribution < -0.4 is 0 Å². The molecular weight excluding hydrogens is 661 g/mol. The predicted molar refractivity (Wildman–Crippen MR) is 225 cm³/mol. The first-order chi connectivity index (χ1) is 26.2. The molecule has 0 bridgehead atoms. The van der Waals surface area contributed by atoms with Crippen LogP contribution in [-0.4, -0.2) is 9.97 Å². The van der Waals surface area contributed by atoms with Crippen LogP contribution in [0.3, 0.4) is 0 Å².